The zero-order valence-electron chi connectivity index (χ0n) is 14.1. The Bertz CT molecular complexity index is 382. The van der Waals surface area contributed by atoms with E-state index in [2.05, 4.69) is 24.5 Å². The topological polar surface area (TPSA) is 61.4 Å². The molecule has 0 spiro atoms. The summed E-state index contributed by atoms with van der Waals surface area (Å²) in [4.78, 5) is 26.5. The lowest BCUT2D eigenvalue weighted by Crippen LogP contribution is -2.51. The molecular formula is C17H31N3O2. The van der Waals surface area contributed by atoms with Gasteiger partial charge in [0.2, 0.25) is 11.8 Å². The Hall–Kier alpha value is -1.10. The number of nitrogens with one attached hydrogen (secondary N) is 2. The largest absolute Gasteiger partial charge is 0.356 e. The van der Waals surface area contributed by atoms with Crippen LogP contribution in [0.15, 0.2) is 0 Å². The molecule has 1 aliphatic heterocycles. The molecule has 1 saturated carbocycles. The zero-order valence-corrected chi connectivity index (χ0v) is 14.1. The molecule has 5 nitrogen and oxygen atoms in total. The van der Waals surface area contributed by atoms with Crippen molar-refractivity contribution in [3.8, 4) is 0 Å². The third-order valence-electron chi connectivity index (χ3n) is 4.81. The molecule has 5 heteroatoms. The van der Waals surface area contributed by atoms with Crippen molar-refractivity contribution in [3.05, 3.63) is 0 Å². The van der Waals surface area contributed by atoms with Gasteiger partial charge in [-0.25, -0.2) is 0 Å². The van der Waals surface area contributed by atoms with Gasteiger partial charge in [-0.05, 0) is 51.5 Å². The smallest absolute Gasteiger partial charge is 0.236 e. The molecule has 0 aromatic heterocycles. The Morgan fingerprint density at radius 3 is 2.64 bits per heavy atom. The van der Waals surface area contributed by atoms with E-state index in [-0.39, 0.29) is 23.8 Å². The van der Waals surface area contributed by atoms with Gasteiger partial charge in [-0.3, -0.25) is 9.59 Å². The van der Waals surface area contributed by atoms with Crippen molar-refractivity contribution < 1.29 is 9.59 Å². The summed E-state index contributed by atoms with van der Waals surface area (Å²) < 4.78 is 0. The minimum Gasteiger partial charge on any atom is -0.356 e. The Kier molecular flexibility index (Phi) is 6.68. The molecule has 0 aromatic rings. The van der Waals surface area contributed by atoms with Crippen molar-refractivity contribution in [1.82, 2.24) is 15.5 Å². The van der Waals surface area contributed by atoms with Gasteiger partial charge in [0.15, 0.2) is 0 Å². The summed E-state index contributed by atoms with van der Waals surface area (Å²) in [5.41, 5.74) is 0. The summed E-state index contributed by atoms with van der Waals surface area (Å²) in [6.07, 6.45) is 6.49. The van der Waals surface area contributed by atoms with Gasteiger partial charge in [0.05, 0.1) is 12.5 Å². The Morgan fingerprint density at radius 1 is 1.18 bits per heavy atom. The number of amides is 2. The first-order chi connectivity index (χ1) is 10.6. The average molecular weight is 309 g/mol. The van der Waals surface area contributed by atoms with E-state index in [0.29, 0.717) is 13.1 Å². The van der Waals surface area contributed by atoms with Crippen molar-refractivity contribution in [1.29, 1.82) is 0 Å². The van der Waals surface area contributed by atoms with Gasteiger partial charge in [-0.1, -0.05) is 13.3 Å². The van der Waals surface area contributed by atoms with Crippen LogP contribution < -0.4 is 10.6 Å². The molecule has 2 aliphatic rings. The van der Waals surface area contributed by atoms with Gasteiger partial charge in [-0.15, -0.1) is 0 Å². The number of likely N-dealkylation sites (tertiary alicyclic amines) is 1. The Labute approximate surface area is 134 Å². The molecule has 0 aromatic carbocycles. The second-order valence-corrected chi connectivity index (χ2v) is 6.89. The van der Waals surface area contributed by atoms with E-state index < -0.39 is 0 Å². The van der Waals surface area contributed by atoms with E-state index in [1.165, 1.54) is 12.8 Å². The average Bonchev–Trinajstić information content (AvgIpc) is 3.32. The minimum atomic E-state index is -0.0413. The van der Waals surface area contributed by atoms with Crippen LogP contribution in [0.5, 0.6) is 0 Å². The van der Waals surface area contributed by atoms with Crippen LogP contribution in [0.1, 0.15) is 52.4 Å². The molecule has 126 valence electrons. The third kappa shape index (κ3) is 5.27. The van der Waals surface area contributed by atoms with Crippen LogP contribution in [-0.2, 0) is 9.59 Å². The van der Waals surface area contributed by atoms with E-state index in [9.17, 15) is 9.59 Å². The molecule has 2 amide bonds. The number of nitrogens with zero attached hydrogens (tertiary/aromatic N) is 1. The predicted molar refractivity (Wildman–Crippen MR) is 87.4 cm³/mol. The van der Waals surface area contributed by atoms with Gasteiger partial charge < -0.3 is 15.5 Å². The second kappa shape index (κ2) is 8.51. The molecule has 1 heterocycles. The standard InChI is InChI=1S/C17H31N3O2/c1-3-4-9-19-17(22)15-8-5-13(2)20(12-15)16(21)11-18-10-14-6-7-14/h13-15,18H,3-12H2,1-2H3,(H,19,22). The first-order valence-corrected chi connectivity index (χ1v) is 8.89. The lowest BCUT2D eigenvalue weighted by molar-refractivity contribution is -0.137. The maximum absolute atomic E-state index is 12.4. The van der Waals surface area contributed by atoms with Gasteiger partial charge in [-0.2, -0.15) is 0 Å². The molecule has 0 radical (unpaired) electrons. The van der Waals surface area contributed by atoms with Gasteiger partial charge in [0.1, 0.15) is 0 Å². The summed E-state index contributed by atoms with van der Waals surface area (Å²) in [6.45, 7) is 6.88. The van der Waals surface area contributed by atoms with Crippen LogP contribution in [0.2, 0.25) is 0 Å². The first kappa shape index (κ1) is 17.3. The molecule has 22 heavy (non-hydrogen) atoms. The summed E-state index contributed by atoms with van der Waals surface area (Å²) in [6, 6.07) is 0.245. The van der Waals surface area contributed by atoms with Crippen LogP contribution in [0.3, 0.4) is 0 Å². The highest BCUT2D eigenvalue weighted by molar-refractivity contribution is 5.82. The second-order valence-electron chi connectivity index (χ2n) is 6.89. The summed E-state index contributed by atoms with van der Waals surface area (Å²) in [7, 11) is 0. The van der Waals surface area contributed by atoms with Crippen LogP contribution in [0.25, 0.3) is 0 Å². The number of rotatable bonds is 8. The van der Waals surface area contributed by atoms with Crippen molar-refractivity contribution in [2.45, 2.75) is 58.4 Å². The van der Waals surface area contributed by atoms with E-state index in [0.717, 1.165) is 44.7 Å². The molecule has 2 atom stereocenters. The van der Waals surface area contributed by atoms with E-state index in [1.54, 1.807) is 0 Å². The maximum Gasteiger partial charge on any atom is 0.236 e. The molecule has 2 fully saturated rings. The van der Waals surface area contributed by atoms with E-state index in [1.807, 2.05) is 4.90 Å². The minimum absolute atomic E-state index is 0.0413. The van der Waals surface area contributed by atoms with Crippen LogP contribution >= 0.6 is 0 Å². The van der Waals surface area contributed by atoms with Gasteiger partial charge >= 0.3 is 0 Å². The van der Waals surface area contributed by atoms with E-state index in [4.69, 9.17) is 0 Å². The summed E-state index contributed by atoms with van der Waals surface area (Å²) in [5.74, 6) is 0.993. The SMILES string of the molecule is CCCCNC(=O)C1CCC(C)N(C(=O)CNCC2CC2)C1. The Balaban J connectivity index is 1.76. The summed E-state index contributed by atoms with van der Waals surface area (Å²) >= 11 is 0. The van der Waals surface area contributed by atoms with Crippen LogP contribution in [0.4, 0.5) is 0 Å². The quantitative estimate of drug-likeness (QED) is 0.669. The maximum atomic E-state index is 12.4. The zero-order chi connectivity index (χ0) is 15.9. The number of piperidine rings is 1. The van der Waals surface area contributed by atoms with Gasteiger partial charge in [0, 0.05) is 19.1 Å². The monoisotopic (exact) mass is 309 g/mol. The van der Waals surface area contributed by atoms with Crippen molar-refractivity contribution in [3.63, 3.8) is 0 Å². The molecular weight excluding hydrogens is 278 g/mol. The van der Waals surface area contributed by atoms with Gasteiger partial charge in [0.25, 0.3) is 0 Å². The molecule has 0 bridgehead atoms. The predicted octanol–water partition coefficient (Wildman–Crippen LogP) is 1.53. The number of carbonyl (C=O) groups excluding carboxylic acids is 2. The van der Waals surface area contributed by atoms with E-state index >= 15 is 0 Å². The fraction of sp³-hybridized carbons (Fsp3) is 0.882. The van der Waals surface area contributed by atoms with Crippen LogP contribution in [-0.4, -0.2) is 48.9 Å². The third-order valence-corrected chi connectivity index (χ3v) is 4.81. The normalized spacial score (nSPS) is 25.1. The van der Waals surface area contributed by atoms with Crippen molar-refractivity contribution in [2.24, 2.45) is 11.8 Å². The highest BCUT2D eigenvalue weighted by atomic mass is 16.2. The highest BCUT2D eigenvalue weighted by Gasteiger charge is 2.32. The Morgan fingerprint density at radius 2 is 1.95 bits per heavy atom. The molecule has 1 saturated heterocycles. The molecule has 2 N–H and O–H groups in total. The van der Waals surface area contributed by atoms with Crippen LogP contribution in [0, 0.1) is 11.8 Å². The number of hydrogen-bond donors (Lipinski definition) is 2. The highest BCUT2D eigenvalue weighted by Crippen LogP contribution is 2.27. The van der Waals surface area contributed by atoms with Crippen molar-refractivity contribution in [2.75, 3.05) is 26.2 Å². The fourth-order valence-electron chi connectivity index (χ4n) is 3.01. The number of hydrogen-bond acceptors (Lipinski definition) is 3. The number of carbonyl (C=O) groups is 2. The van der Waals surface area contributed by atoms with Crippen molar-refractivity contribution >= 4 is 11.8 Å². The lowest BCUT2D eigenvalue weighted by Gasteiger charge is -2.37. The molecule has 1 aliphatic carbocycles. The molecule has 2 rings (SSSR count). The molecule has 2 unspecified atom stereocenters. The lowest BCUT2D eigenvalue weighted by atomic mass is 9.92. The fourth-order valence-corrected chi connectivity index (χ4v) is 3.01. The number of unbranched alkanes of at least 4 members (excludes halogenated alkanes) is 1. The first-order valence-electron chi connectivity index (χ1n) is 8.89. The summed E-state index contributed by atoms with van der Waals surface area (Å²) in [5, 5.41) is 6.26.